The minimum absolute atomic E-state index is 0.129. The Morgan fingerprint density at radius 1 is 1.41 bits per heavy atom. The van der Waals surface area contributed by atoms with Crippen molar-refractivity contribution in [3.05, 3.63) is 21.9 Å². The maximum absolute atomic E-state index is 12.8. The summed E-state index contributed by atoms with van der Waals surface area (Å²) in [5.41, 5.74) is 6.76. The van der Waals surface area contributed by atoms with Gasteiger partial charge in [0.05, 0.1) is 12.0 Å². The lowest BCUT2D eigenvalue weighted by molar-refractivity contribution is -0.139. The first kappa shape index (κ1) is 15.5. The molecule has 1 saturated heterocycles. The number of likely N-dealkylation sites (tertiary alicyclic amines) is 1. The van der Waals surface area contributed by atoms with E-state index in [1.54, 1.807) is 11.3 Å². The molecular formula is C16H23N3O2S. The average molecular weight is 321 g/mol. The van der Waals surface area contributed by atoms with E-state index >= 15 is 0 Å². The zero-order valence-corrected chi connectivity index (χ0v) is 13.8. The van der Waals surface area contributed by atoms with Crippen LogP contribution in [0.4, 0.5) is 0 Å². The van der Waals surface area contributed by atoms with Crippen molar-refractivity contribution in [2.45, 2.75) is 38.8 Å². The van der Waals surface area contributed by atoms with Crippen LogP contribution in [0.2, 0.25) is 0 Å². The summed E-state index contributed by atoms with van der Waals surface area (Å²) < 4.78 is 0. The zero-order valence-electron chi connectivity index (χ0n) is 13.0. The Labute approximate surface area is 135 Å². The number of rotatable bonds is 3. The van der Waals surface area contributed by atoms with Crippen LogP contribution in [0.15, 0.2) is 11.4 Å². The molecule has 0 bridgehead atoms. The first-order valence-corrected chi connectivity index (χ1v) is 8.81. The summed E-state index contributed by atoms with van der Waals surface area (Å²) in [7, 11) is 0. The molecule has 2 atom stereocenters. The van der Waals surface area contributed by atoms with Gasteiger partial charge in [-0.3, -0.25) is 14.5 Å². The third-order valence-corrected chi connectivity index (χ3v) is 5.90. The lowest BCUT2D eigenvalue weighted by Gasteiger charge is -2.37. The fraction of sp³-hybridized carbons (Fsp3) is 0.625. The van der Waals surface area contributed by atoms with E-state index in [0.717, 1.165) is 38.9 Å². The predicted molar refractivity (Wildman–Crippen MR) is 86.4 cm³/mol. The van der Waals surface area contributed by atoms with Gasteiger partial charge < -0.3 is 10.6 Å². The number of hydrogen-bond acceptors (Lipinski definition) is 4. The molecule has 6 heteroatoms. The Kier molecular flexibility index (Phi) is 4.49. The van der Waals surface area contributed by atoms with E-state index in [1.165, 1.54) is 10.4 Å². The number of primary amides is 1. The molecule has 120 valence electrons. The molecular weight excluding hydrogens is 298 g/mol. The number of carbonyl (C=O) groups excluding carboxylic acids is 2. The summed E-state index contributed by atoms with van der Waals surface area (Å²) >= 11 is 1.81. The van der Waals surface area contributed by atoms with Crippen LogP contribution in [0.3, 0.4) is 0 Å². The van der Waals surface area contributed by atoms with Gasteiger partial charge in [-0.05, 0) is 43.2 Å². The van der Waals surface area contributed by atoms with Gasteiger partial charge in [-0.2, -0.15) is 0 Å². The molecule has 2 aliphatic heterocycles. The molecule has 0 radical (unpaired) electrons. The normalized spacial score (nSPS) is 23.9. The average Bonchev–Trinajstić information content (AvgIpc) is 3.01. The summed E-state index contributed by atoms with van der Waals surface area (Å²) in [5.74, 6) is -0.342. The molecule has 5 nitrogen and oxygen atoms in total. The topological polar surface area (TPSA) is 66.6 Å². The van der Waals surface area contributed by atoms with E-state index < -0.39 is 0 Å². The van der Waals surface area contributed by atoms with Gasteiger partial charge in [0, 0.05) is 31.1 Å². The Balaban J connectivity index is 1.63. The molecule has 1 aromatic heterocycles. The first-order valence-electron chi connectivity index (χ1n) is 7.93. The van der Waals surface area contributed by atoms with Crippen molar-refractivity contribution in [2.24, 2.45) is 11.7 Å². The van der Waals surface area contributed by atoms with Gasteiger partial charge in [0.1, 0.15) is 0 Å². The van der Waals surface area contributed by atoms with E-state index in [2.05, 4.69) is 16.3 Å². The van der Waals surface area contributed by atoms with Gasteiger partial charge in [0.2, 0.25) is 11.8 Å². The summed E-state index contributed by atoms with van der Waals surface area (Å²) in [6.07, 6.45) is 2.69. The molecule has 0 aromatic carbocycles. The van der Waals surface area contributed by atoms with E-state index in [-0.39, 0.29) is 23.8 Å². The molecule has 2 amide bonds. The second-order valence-corrected chi connectivity index (χ2v) is 7.29. The van der Waals surface area contributed by atoms with Gasteiger partial charge in [-0.25, -0.2) is 0 Å². The highest BCUT2D eigenvalue weighted by Gasteiger charge is 2.32. The molecule has 1 aromatic rings. The maximum atomic E-state index is 12.8. The summed E-state index contributed by atoms with van der Waals surface area (Å²) in [6.45, 7) is 4.97. The monoisotopic (exact) mass is 321 g/mol. The van der Waals surface area contributed by atoms with Crippen LogP contribution in [-0.4, -0.2) is 47.3 Å². The van der Waals surface area contributed by atoms with Gasteiger partial charge in [0.15, 0.2) is 0 Å². The summed E-state index contributed by atoms with van der Waals surface area (Å²) in [6, 6.07) is 2.02. The van der Waals surface area contributed by atoms with Gasteiger partial charge >= 0.3 is 0 Å². The van der Waals surface area contributed by atoms with Crippen LogP contribution >= 0.6 is 11.3 Å². The smallest absolute Gasteiger partial charge is 0.239 e. The Hall–Kier alpha value is -1.40. The number of hydrogen-bond donors (Lipinski definition) is 1. The van der Waals surface area contributed by atoms with Crippen LogP contribution < -0.4 is 5.73 Å². The fourth-order valence-corrected chi connectivity index (χ4v) is 4.32. The van der Waals surface area contributed by atoms with E-state index in [1.807, 2.05) is 11.8 Å². The lowest BCUT2D eigenvalue weighted by atomic mass is 9.96. The van der Waals surface area contributed by atoms with Gasteiger partial charge in [-0.15, -0.1) is 11.3 Å². The van der Waals surface area contributed by atoms with Gasteiger partial charge in [-0.1, -0.05) is 0 Å². The van der Waals surface area contributed by atoms with Gasteiger partial charge in [0.25, 0.3) is 0 Å². The van der Waals surface area contributed by atoms with E-state index in [9.17, 15) is 9.59 Å². The predicted octanol–water partition coefficient (Wildman–Crippen LogP) is 1.22. The Morgan fingerprint density at radius 2 is 2.23 bits per heavy atom. The minimum Gasteiger partial charge on any atom is -0.369 e. The number of amides is 2. The Morgan fingerprint density at radius 3 is 3.00 bits per heavy atom. The minimum atomic E-state index is -0.286. The number of nitrogens with two attached hydrogens (primary N) is 1. The summed E-state index contributed by atoms with van der Waals surface area (Å²) in [5, 5.41) is 2.13. The number of nitrogens with zero attached hydrogens (tertiary/aromatic N) is 2. The number of piperidine rings is 1. The van der Waals surface area contributed by atoms with Crippen molar-refractivity contribution >= 4 is 23.2 Å². The van der Waals surface area contributed by atoms with Crippen LogP contribution in [0.5, 0.6) is 0 Å². The van der Waals surface area contributed by atoms with Crippen molar-refractivity contribution in [1.82, 2.24) is 9.80 Å². The molecule has 2 N–H and O–H groups in total. The largest absolute Gasteiger partial charge is 0.369 e. The summed E-state index contributed by atoms with van der Waals surface area (Å²) in [4.78, 5) is 29.6. The molecule has 0 unspecified atom stereocenters. The highest BCUT2D eigenvalue weighted by Crippen LogP contribution is 2.26. The Bertz CT molecular complexity index is 571. The van der Waals surface area contributed by atoms with Crippen molar-refractivity contribution in [3.63, 3.8) is 0 Å². The standard InChI is InChI=1S/C16H23N3O2S/c1-11(18-7-4-14-12(9-18)5-8-22-14)16(21)19-6-2-3-13(10-19)15(17)20/h5,8,11,13H,2-4,6-7,9-10H2,1H3,(H2,17,20)/t11-,13-/m1/s1. The van der Waals surface area contributed by atoms with E-state index in [4.69, 9.17) is 5.73 Å². The lowest BCUT2D eigenvalue weighted by Crippen LogP contribution is -2.52. The quantitative estimate of drug-likeness (QED) is 0.910. The second kappa shape index (κ2) is 6.38. The second-order valence-electron chi connectivity index (χ2n) is 6.29. The number of fused-ring (bicyclic) bond motifs is 1. The maximum Gasteiger partial charge on any atom is 0.239 e. The third-order valence-electron chi connectivity index (χ3n) is 4.88. The molecule has 22 heavy (non-hydrogen) atoms. The molecule has 0 saturated carbocycles. The van der Waals surface area contributed by atoms with Crippen molar-refractivity contribution < 1.29 is 9.59 Å². The van der Waals surface area contributed by atoms with Crippen LogP contribution in [0, 0.1) is 5.92 Å². The van der Waals surface area contributed by atoms with E-state index in [0.29, 0.717) is 6.54 Å². The highest BCUT2D eigenvalue weighted by atomic mass is 32.1. The van der Waals surface area contributed by atoms with Crippen LogP contribution in [0.25, 0.3) is 0 Å². The molecule has 0 aliphatic carbocycles. The molecule has 2 aliphatic rings. The third kappa shape index (κ3) is 3.03. The van der Waals surface area contributed by atoms with Crippen molar-refractivity contribution in [3.8, 4) is 0 Å². The molecule has 3 rings (SSSR count). The molecule has 0 spiro atoms. The molecule has 1 fully saturated rings. The first-order chi connectivity index (χ1) is 10.6. The number of carbonyl (C=O) groups is 2. The molecule has 3 heterocycles. The van der Waals surface area contributed by atoms with Crippen molar-refractivity contribution in [1.29, 1.82) is 0 Å². The number of thiophene rings is 1. The highest BCUT2D eigenvalue weighted by molar-refractivity contribution is 7.10. The SMILES string of the molecule is C[C@H](C(=O)N1CCC[C@@H](C(N)=O)C1)N1CCc2sccc2C1. The fourth-order valence-electron chi connectivity index (χ4n) is 3.43. The van der Waals surface area contributed by atoms with Crippen LogP contribution in [-0.2, 0) is 22.6 Å². The van der Waals surface area contributed by atoms with Crippen LogP contribution in [0.1, 0.15) is 30.2 Å². The van der Waals surface area contributed by atoms with Crippen molar-refractivity contribution in [2.75, 3.05) is 19.6 Å². The zero-order chi connectivity index (χ0) is 15.7.